The van der Waals surface area contributed by atoms with Gasteiger partial charge in [0.05, 0.1) is 30.3 Å². The van der Waals surface area contributed by atoms with Crippen LogP contribution in [0.1, 0.15) is 80.2 Å². The van der Waals surface area contributed by atoms with Crippen molar-refractivity contribution < 1.29 is 33.3 Å². The van der Waals surface area contributed by atoms with Gasteiger partial charge >= 0.3 is 17.9 Å². The molecule has 0 heterocycles. The SMILES string of the molecule is CCc1ccc(OC(=O)c2ccc(OC(=O)c3ccc(OCCCCOC(=O)C(CC)C(C)(C)C)cc3)cc2)cc1. The van der Waals surface area contributed by atoms with Gasteiger partial charge in [-0.05, 0) is 97.3 Å². The zero-order chi connectivity index (χ0) is 29.8. The Labute approximate surface area is 242 Å². The molecule has 0 N–H and O–H groups in total. The van der Waals surface area contributed by atoms with Crippen LogP contribution in [0.2, 0.25) is 0 Å². The van der Waals surface area contributed by atoms with E-state index in [1.807, 2.05) is 39.8 Å². The Kier molecular flexibility index (Phi) is 11.5. The van der Waals surface area contributed by atoms with E-state index >= 15 is 0 Å². The van der Waals surface area contributed by atoms with Crippen molar-refractivity contribution in [1.29, 1.82) is 0 Å². The third-order valence-electron chi connectivity index (χ3n) is 6.72. The molecular formula is C34H40O7. The van der Waals surface area contributed by atoms with E-state index in [9.17, 15) is 14.4 Å². The van der Waals surface area contributed by atoms with Crippen molar-refractivity contribution in [3.8, 4) is 17.2 Å². The Morgan fingerprint density at radius 2 is 1.12 bits per heavy atom. The van der Waals surface area contributed by atoms with E-state index in [0.29, 0.717) is 48.0 Å². The number of hydrogen-bond donors (Lipinski definition) is 0. The van der Waals surface area contributed by atoms with Crippen LogP contribution >= 0.6 is 0 Å². The minimum Gasteiger partial charge on any atom is -0.494 e. The van der Waals surface area contributed by atoms with Crippen LogP contribution in [0.5, 0.6) is 17.2 Å². The Balaban J connectivity index is 1.39. The number of rotatable bonds is 13. The minimum absolute atomic E-state index is 0.110. The van der Waals surface area contributed by atoms with Crippen LogP contribution in [0.25, 0.3) is 0 Å². The van der Waals surface area contributed by atoms with E-state index in [1.165, 1.54) is 0 Å². The van der Waals surface area contributed by atoms with Crippen molar-refractivity contribution in [2.24, 2.45) is 11.3 Å². The summed E-state index contributed by atoms with van der Waals surface area (Å²) in [4.78, 5) is 37.3. The van der Waals surface area contributed by atoms with Gasteiger partial charge in [0.15, 0.2) is 0 Å². The monoisotopic (exact) mass is 560 g/mol. The second-order valence-corrected chi connectivity index (χ2v) is 10.9. The summed E-state index contributed by atoms with van der Waals surface area (Å²) in [6.07, 6.45) is 3.11. The highest BCUT2D eigenvalue weighted by atomic mass is 16.5. The summed E-state index contributed by atoms with van der Waals surface area (Å²) in [7, 11) is 0. The summed E-state index contributed by atoms with van der Waals surface area (Å²) in [5.41, 5.74) is 1.76. The number of hydrogen-bond acceptors (Lipinski definition) is 7. The first-order valence-electron chi connectivity index (χ1n) is 14.1. The lowest BCUT2D eigenvalue weighted by atomic mass is 9.79. The van der Waals surface area contributed by atoms with E-state index in [4.69, 9.17) is 18.9 Å². The molecule has 0 aromatic heterocycles. The average molecular weight is 561 g/mol. The van der Waals surface area contributed by atoms with Crippen LogP contribution in [0.3, 0.4) is 0 Å². The molecule has 218 valence electrons. The Morgan fingerprint density at radius 1 is 0.659 bits per heavy atom. The predicted octanol–water partition coefficient (Wildman–Crippen LogP) is 7.46. The van der Waals surface area contributed by atoms with Gasteiger partial charge in [-0.1, -0.05) is 46.8 Å². The number of unbranched alkanes of at least 4 members (excludes halogenated alkanes) is 1. The van der Waals surface area contributed by atoms with Crippen molar-refractivity contribution >= 4 is 17.9 Å². The highest BCUT2D eigenvalue weighted by Crippen LogP contribution is 2.29. The van der Waals surface area contributed by atoms with E-state index in [2.05, 4.69) is 6.92 Å². The number of benzene rings is 3. The summed E-state index contributed by atoms with van der Waals surface area (Å²) < 4.78 is 22.0. The molecule has 1 unspecified atom stereocenters. The fourth-order valence-electron chi connectivity index (χ4n) is 4.27. The van der Waals surface area contributed by atoms with Crippen LogP contribution in [-0.2, 0) is 16.0 Å². The summed E-state index contributed by atoms with van der Waals surface area (Å²) in [5.74, 6) is 0.144. The maximum atomic E-state index is 12.6. The Morgan fingerprint density at radius 3 is 1.59 bits per heavy atom. The molecule has 0 spiro atoms. The van der Waals surface area contributed by atoms with Crippen molar-refractivity contribution in [3.05, 3.63) is 89.5 Å². The van der Waals surface area contributed by atoms with Gasteiger partial charge in [0.1, 0.15) is 17.2 Å². The largest absolute Gasteiger partial charge is 0.494 e. The first-order valence-corrected chi connectivity index (χ1v) is 14.1. The summed E-state index contributed by atoms with van der Waals surface area (Å²) >= 11 is 0. The number of carbonyl (C=O) groups excluding carboxylic acids is 3. The second-order valence-electron chi connectivity index (χ2n) is 10.9. The first-order chi connectivity index (χ1) is 19.6. The van der Waals surface area contributed by atoms with Crippen LogP contribution in [0.15, 0.2) is 72.8 Å². The molecular weight excluding hydrogens is 520 g/mol. The number of ether oxygens (including phenoxy) is 4. The molecule has 0 aliphatic heterocycles. The molecule has 0 aliphatic rings. The predicted molar refractivity (Wildman–Crippen MR) is 158 cm³/mol. The Hall–Kier alpha value is -4.13. The summed E-state index contributed by atoms with van der Waals surface area (Å²) in [5, 5.41) is 0. The molecule has 0 amide bonds. The van der Waals surface area contributed by atoms with Crippen molar-refractivity contribution in [1.82, 2.24) is 0 Å². The van der Waals surface area contributed by atoms with Crippen LogP contribution < -0.4 is 14.2 Å². The average Bonchev–Trinajstić information content (AvgIpc) is 2.95. The molecule has 3 aromatic carbocycles. The van der Waals surface area contributed by atoms with Gasteiger partial charge in [-0.3, -0.25) is 4.79 Å². The molecule has 41 heavy (non-hydrogen) atoms. The zero-order valence-electron chi connectivity index (χ0n) is 24.6. The molecule has 0 saturated carbocycles. The van der Waals surface area contributed by atoms with Gasteiger partial charge in [0.25, 0.3) is 0 Å². The molecule has 0 fully saturated rings. The molecule has 7 nitrogen and oxygen atoms in total. The lowest BCUT2D eigenvalue weighted by Gasteiger charge is -2.27. The third kappa shape index (κ3) is 9.78. The fraction of sp³-hybridized carbons (Fsp3) is 0.382. The van der Waals surface area contributed by atoms with E-state index in [-0.39, 0.29) is 17.3 Å². The molecule has 3 aromatic rings. The fourth-order valence-corrected chi connectivity index (χ4v) is 4.27. The van der Waals surface area contributed by atoms with E-state index < -0.39 is 11.9 Å². The highest BCUT2D eigenvalue weighted by Gasteiger charge is 2.30. The van der Waals surface area contributed by atoms with Crippen LogP contribution in [0, 0.1) is 11.3 Å². The smallest absolute Gasteiger partial charge is 0.343 e. The number of aryl methyl sites for hydroxylation is 1. The van der Waals surface area contributed by atoms with Crippen molar-refractivity contribution in [2.75, 3.05) is 13.2 Å². The molecule has 0 saturated heterocycles. The van der Waals surface area contributed by atoms with Gasteiger partial charge in [-0.15, -0.1) is 0 Å². The lowest BCUT2D eigenvalue weighted by Crippen LogP contribution is -2.29. The molecule has 3 rings (SSSR count). The molecule has 0 radical (unpaired) electrons. The van der Waals surface area contributed by atoms with Crippen LogP contribution in [0.4, 0.5) is 0 Å². The second kappa shape index (κ2) is 15.0. The number of esters is 3. The van der Waals surface area contributed by atoms with Crippen LogP contribution in [-0.4, -0.2) is 31.1 Å². The first kappa shape index (κ1) is 31.4. The maximum absolute atomic E-state index is 12.6. The summed E-state index contributed by atoms with van der Waals surface area (Å²) in [6, 6.07) is 20.2. The quantitative estimate of drug-likeness (QED) is 0.122. The van der Waals surface area contributed by atoms with Gasteiger partial charge < -0.3 is 18.9 Å². The van der Waals surface area contributed by atoms with Crippen molar-refractivity contribution in [2.45, 2.75) is 60.3 Å². The topological polar surface area (TPSA) is 88.1 Å². The van der Waals surface area contributed by atoms with Gasteiger partial charge in [0.2, 0.25) is 0 Å². The third-order valence-corrected chi connectivity index (χ3v) is 6.72. The molecule has 7 heteroatoms. The molecule has 1 atom stereocenters. The van der Waals surface area contributed by atoms with E-state index in [1.54, 1.807) is 60.7 Å². The minimum atomic E-state index is -0.523. The normalized spacial score (nSPS) is 11.8. The van der Waals surface area contributed by atoms with E-state index in [0.717, 1.165) is 24.8 Å². The van der Waals surface area contributed by atoms with Crippen molar-refractivity contribution in [3.63, 3.8) is 0 Å². The maximum Gasteiger partial charge on any atom is 0.343 e. The summed E-state index contributed by atoms with van der Waals surface area (Å²) in [6.45, 7) is 11.0. The lowest BCUT2D eigenvalue weighted by molar-refractivity contribution is -0.152. The highest BCUT2D eigenvalue weighted by molar-refractivity contribution is 5.92. The standard InChI is InChI=1S/C34H40O7/c1-6-24-10-16-28(17-11-24)40-32(36)26-14-20-29(21-15-26)41-31(35)25-12-18-27(19-13-25)38-22-8-9-23-39-33(37)30(7-2)34(3,4)5/h10-21,30H,6-9,22-23H2,1-5H3. The van der Waals surface area contributed by atoms with Gasteiger partial charge in [0, 0.05) is 0 Å². The molecule has 0 aliphatic carbocycles. The van der Waals surface area contributed by atoms with Gasteiger partial charge in [-0.2, -0.15) is 0 Å². The number of carbonyl (C=O) groups is 3. The molecule has 0 bridgehead atoms. The van der Waals surface area contributed by atoms with Gasteiger partial charge in [-0.25, -0.2) is 9.59 Å². The Bertz CT molecular complexity index is 1270. The zero-order valence-corrected chi connectivity index (χ0v) is 24.6.